The van der Waals surface area contributed by atoms with Crippen LogP contribution in [0.2, 0.25) is 0 Å². The number of anilines is 1. The number of amides is 2. The van der Waals surface area contributed by atoms with Gasteiger partial charge in [-0.3, -0.25) is 9.59 Å². The fourth-order valence-electron chi connectivity index (χ4n) is 4.95. The lowest BCUT2D eigenvalue weighted by Gasteiger charge is -2.41. The van der Waals surface area contributed by atoms with Crippen molar-refractivity contribution in [3.8, 4) is 0 Å². The number of nitrogens with one attached hydrogen (secondary N) is 1. The van der Waals surface area contributed by atoms with E-state index in [4.69, 9.17) is 11.5 Å². The van der Waals surface area contributed by atoms with Crippen LogP contribution in [0.15, 0.2) is 24.4 Å². The zero-order chi connectivity index (χ0) is 23.7. The number of nitrogens with two attached hydrogens (primary N) is 2. The number of carbonyl (C=O) groups excluding carboxylic acids is 2. The number of piperidine rings is 1. The number of benzene rings is 1. The van der Waals surface area contributed by atoms with Gasteiger partial charge in [0.05, 0.1) is 6.54 Å². The SMILES string of the molecule is Nc1nccc(C(=O)NCC(=O)N2C3CC[C@H]2CC(C(N)Cc2cc(F)c(F)cc2F)C3)n1. The predicted molar refractivity (Wildman–Crippen MR) is 113 cm³/mol. The molecule has 2 aromatic rings. The van der Waals surface area contributed by atoms with Gasteiger partial charge < -0.3 is 21.7 Å². The van der Waals surface area contributed by atoms with Gasteiger partial charge in [0.2, 0.25) is 11.9 Å². The third kappa shape index (κ3) is 4.92. The highest BCUT2D eigenvalue weighted by Crippen LogP contribution is 2.40. The van der Waals surface area contributed by atoms with Crippen molar-refractivity contribution < 1.29 is 22.8 Å². The number of nitrogens with zero attached hydrogens (tertiary/aromatic N) is 3. The highest BCUT2D eigenvalue weighted by atomic mass is 19.2. The summed E-state index contributed by atoms with van der Waals surface area (Å²) in [6.45, 7) is -0.174. The van der Waals surface area contributed by atoms with Crippen LogP contribution in [0.1, 0.15) is 41.7 Å². The van der Waals surface area contributed by atoms with Crippen LogP contribution in [0.3, 0.4) is 0 Å². The molecule has 4 atom stereocenters. The van der Waals surface area contributed by atoms with E-state index in [9.17, 15) is 22.8 Å². The lowest BCUT2D eigenvalue weighted by Crippen LogP contribution is -2.52. The zero-order valence-corrected chi connectivity index (χ0v) is 17.8. The molecule has 3 unspecified atom stereocenters. The van der Waals surface area contributed by atoms with Crippen LogP contribution in [0, 0.1) is 23.4 Å². The first-order chi connectivity index (χ1) is 15.7. The van der Waals surface area contributed by atoms with Crippen LogP contribution in [0.5, 0.6) is 0 Å². The minimum atomic E-state index is -1.23. The molecular weight excluding hydrogens is 437 g/mol. The third-order valence-electron chi connectivity index (χ3n) is 6.51. The molecule has 1 aromatic carbocycles. The molecule has 0 spiro atoms. The third-order valence-corrected chi connectivity index (χ3v) is 6.51. The Morgan fingerprint density at radius 3 is 2.45 bits per heavy atom. The molecule has 176 valence electrons. The Morgan fingerprint density at radius 1 is 1.12 bits per heavy atom. The normalized spacial score (nSPS) is 22.8. The molecule has 2 saturated heterocycles. The van der Waals surface area contributed by atoms with E-state index < -0.39 is 29.4 Å². The van der Waals surface area contributed by atoms with E-state index in [0.29, 0.717) is 18.9 Å². The molecule has 1 aromatic heterocycles. The first-order valence-corrected chi connectivity index (χ1v) is 10.8. The van der Waals surface area contributed by atoms with Crippen LogP contribution in [-0.4, -0.2) is 51.4 Å². The van der Waals surface area contributed by atoms with Crippen LogP contribution in [-0.2, 0) is 11.2 Å². The van der Waals surface area contributed by atoms with Crippen LogP contribution in [0.25, 0.3) is 0 Å². The van der Waals surface area contributed by atoms with Gasteiger partial charge in [-0.1, -0.05) is 0 Å². The van der Waals surface area contributed by atoms with Crippen LogP contribution >= 0.6 is 0 Å². The second kappa shape index (κ2) is 9.34. The Hall–Kier alpha value is -3.21. The molecule has 0 aliphatic carbocycles. The molecule has 2 fully saturated rings. The van der Waals surface area contributed by atoms with E-state index >= 15 is 0 Å². The number of hydrogen-bond acceptors (Lipinski definition) is 6. The number of fused-ring (bicyclic) bond motifs is 2. The number of carbonyl (C=O) groups is 2. The van der Waals surface area contributed by atoms with Crippen LogP contribution in [0.4, 0.5) is 19.1 Å². The first-order valence-electron chi connectivity index (χ1n) is 10.8. The van der Waals surface area contributed by atoms with Crippen LogP contribution < -0.4 is 16.8 Å². The largest absolute Gasteiger partial charge is 0.368 e. The molecule has 33 heavy (non-hydrogen) atoms. The van der Waals surface area contributed by atoms with E-state index in [1.807, 2.05) is 0 Å². The zero-order valence-electron chi connectivity index (χ0n) is 17.8. The summed E-state index contributed by atoms with van der Waals surface area (Å²) in [6, 6.07) is 2.27. The average Bonchev–Trinajstić information content (AvgIpc) is 3.04. The molecule has 2 aliphatic heterocycles. The summed E-state index contributed by atoms with van der Waals surface area (Å²) >= 11 is 0. The van der Waals surface area contributed by atoms with Gasteiger partial charge in [-0.25, -0.2) is 23.1 Å². The predicted octanol–water partition coefficient (Wildman–Crippen LogP) is 1.55. The molecule has 2 bridgehead atoms. The monoisotopic (exact) mass is 462 g/mol. The highest BCUT2D eigenvalue weighted by molar-refractivity contribution is 5.95. The summed E-state index contributed by atoms with van der Waals surface area (Å²) in [5, 5.41) is 2.57. The van der Waals surface area contributed by atoms with Gasteiger partial charge in [-0.2, -0.15) is 0 Å². The molecule has 2 amide bonds. The summed E-state index contributed by atoms with van der Waals surface area (Å²) in [6.07, 6.45) is 4.33. The van der Waals surface area contributed by atoms with Crippen molar-refractivity contribution in [3.05, 3.63) is 53.1 Å². The number of rotatable bonds is 6. The maximum atomic E-state index is 14.0. The van der Waals surface area contributed by atoms with E-state index in [1.165, 1.54) is 12.3 Å². The number of hydrogen-bond donors (Lipinski definition) is 3. The Balaban J connectivity index is 1.34. The molecule has 3 heterocycles. The smallest absolute Gasteiger partial charge is 0.270 e. The summed E-state index contributed by atoms with van der Waals surface area (Å²) in [7, 11) is 0. The van der Waals surface area contributed by atoms with Gasteiger partial charge in [-0.05, 0) is 55.7 Å². The maximum Gasteiger partial charge on any atom is 0.270 e. The topological polar surface area (TPSA) is 127 Å². The average molecular weight is 462 g/mol. The van der Waals surface area contributed by atoms with Gasteiger partial charge in [-0.15, -0.1) is 0 Å². The fourth-order valence-corrected chi connectivity index (χ4v) is 4.95. The molecule has 4 rings (SSSR count). The first kappa shape index (κ1) is 23.0. The van der Waals surface area contributed by atoms with Crippen molar-refractivity contribution in [3.63, 3.8) is 0 Å². The second-order valence-corrected chi connectivity index (χ2v) is 8.63. The molecular formula is C22H25F3N6O2. The Morgan fingerprint density at radius 2 is 1.79 bits per heavy atom. The van der Waals surface area contributed by atoms with E-state index in [2.05, 4.69) is 15.3 Å². The van der Waals surface area contributed by atoms with Gasteiger partial charge in [0.1, 0.15) is 11.5 Å². The minimum Gasteiger partial charge on any atom is -0.368 e. The van der Waals surface area contributed by atoms with Gasteiger partial charge in [0, 0.05) is 30.4 Å². The molecule has 11 heteroatoms. The minimum absolute atomic E-state index is 0.0117. The molecule has 8 nitrogen and oxygen atoms in total. The Kier molecular flexibility index (Phi) is 6.50. The van der Waals surface area contributed by atoms with E-state index in [0.717, 1.165) is 18.9 Å². The van der Waals surface area contributed by atoms with Crippen molar-refractivity contribution in [2.75, 3.05) is 12.3 Å². The van der Waals surface area contributed by atoms with Crippen molar-refractivity contribution in [2.24, 2.45) is 11.7 Å². The van der Waals surface area contributed by atoms with Crippen molar-refractivity contribution in [2.45, 2.75) is 50.2 Å². The standard InChI is InChI=1S/C22H25F3N6O2/c23-15-9-17(25)16(24)7-11(15)8-18(26)12-5-13-1-2-14(6-12)31(13)20(32)10-29-21(33)19-3-4-28-22(27)30-19/h3-4,7,9,12-14,18H,1-2,5-6,8,10,26H2,(H,29,33)(H2,27,28,30)/t12?,13-,14?,18?/m0/s1. The lowest BCUT2D eigenvalue weighted by molar-refractivity contribution is -0.135. The molecule has 0 radical (unpaired) electrons. The number of halogens is 3. The summed E-state index contributed by atoms with van der Waals surface area (Å²) in [5.74, 6) is -3.89. The Labute approximate surface area is 188 Å². The van der Waals surface area contributed by atoms with Crippen molar-refractivity contribution >= 4 is 17.8 Å². The van der Waals surface area contributed by atoms with Gasteiger partial charge in [0.15, 0.2) is 11.6 Å². The van der Waals surface area contributed by atoms with E-state index in [1.54, 1.807) is 4.90 Å². The number of aromatic nitrogens is 2. The molecule has 2 aliphatic rings. The molecule has 0 saturated carbocycles. The number of nitrogen functional groups attached to an aromatic ring is 1. The maximum absolute atomic E-state index is 14.0. The summed E-state index contributed by atoms with van der Waals surface area (Å²) < 4.78 is 40.7. The van der Waals surface area contributed by atoms with Gasteiger partial charge in [0.25, 0.3) is 5.91 Å². The quantitative estimate of drug-likeness (QED) is 0.559. The Bertz CT molecular complexity index is 1050. The van der Waals surface area contributed by atoms with Crippen molar-refractivity contribution in [1.29, 1.82) is 0 Å². The second-order valence-electron chi connectivity index (χ2n) is 8.63. The van der Waals surface area contributed by atoms with E-state index in [-0.39, 0.29) is 54.1 Å². The lowest BCUT2D eigenvalue weighted by atomic mass is 9.82. The molecule has 5 N–H and O–H groups in total. The summed E-state index contributed by atoms with van der Waals surface area (Å²) in [5.41, 5.74) is 11.9. The van der Waals surface area contributed by atoms with Crippen molar-refractivity contribution in [1.82, 2.24) is 20.2 Å². The van der Waals surface area contributed by atoms with Gasteiger partial charge >= 0.3 is 0 Å². The summed E-state index contributed by atoms with van der Waals surface area (Å²) in [4.78, 5) is 34.4. The fraction of sp³-hybridized carbons (Fsp3) is 0.455. The highest BCUT2D eigenvalue weighted by Gasteiger charge is 2.44.